The molecule has 1 aromatic heterocycles. The van der Waals surface area contributed by atoms with Crippen LogP contribution in [0.25, 0.3) is 0 Å². The largest absolute Gasteiger partial charge is 0.409 e. The molecule has 0 aliphatic carbocycles. The third-order valence-electron chi connectivity index (χ3n) is 2.32. The predicted octanol–water partition coefficient (Wildman–Crippen LogP) is 1.26. The van der Waals surface area contributed by atoms with Gasteiger partial charge in [0.05, 0.1) is 5.69 Å². The van der Waals surface area contributed by atoms with Crippen molar-refractivity contribution in [2.24, 2.45) is 10.9 Å². The molecule has 5 nitrogen and oxygen atoms in total. The highest BCUT2D eigenvalue weighted by Gasteiger charge is 2.04. The minimum Gasteiger partial charge on any atom is -0.409 e. The summed E-state index contributed by atoms with van der Waals surface area (Å²) in [5, 5.41) is 14.6. The van der Waals surface area contributed by atoms with Gasteiger partial charge in [-0.25, -0.2) is 0 Å². The van der Waals surface area contributed by atoms with Crippen molar-refractivity contribution in [1.29, 1.82) is 0 Å². The first-order valence-electron chi connectivity index (χ1n) is 5.34. The lowest BCUT2D eigenvalue weighted by molar-refractivity contribution is 0.316. The van der Waals surface area contributed by atoms with E-state index in [-0.39, 0.29) is 11.9 Å². The van der Waals surface area contributed by atoms with Gasteiger partial charge < -0.3 is 16.3 Å². The highest BCUT2D eigenvalue weighted by Crippen LogP contribution is 2.07. The van der Waals surface area contributed by atoms with Crippen molar-refractivity contribution in [1.82, 2.24) is 10.3 Å². The monoisotopic (exact) mass is 222 g/mol. The van der Waals surface area contributed by atoms with E-state index in [1.54, 1.807) is 6.20 Å². The number of oxime groups is 1. The van der Waals surface area contributed by atoms with Crippen LogP contribution >= 0.6 is 0 Å². The van der Waals surface area contributed by atoms with Crippen molar-refractivity contribution >= 4 is 5.84 Å². The Labute approximate surface area is 95.4 Å². The maximum Gasteiger partial charge on any atom is 0.139 e. The van der Waals surface area contributed by atoms with Crippen LogP contribution in [0.1, 0.15) is 31.5 Å². The van der Waals surface area contributed by atoms with Crippen molar-refractivity contribution in [2.75, 3.05) is 6.54 Å². The molecule has 16 heavy (non-hydrogen) atoms. The zero-order valence-electron chi connectivity index (χ0n) is 9.43. The molecule has 0 aliphatic heterocycles. The molecular weight excluding hydrogens is 204 g/mol. The van der Waals surface area contributed by atoms with Crippen molar-refractivity contribution in [3.8, 4) is 0 Å². The third-order valence-corrected chi connectivity index (χ3v) is 2.32. The Hall–Kier alpha value is -1.62. The molecule has 5 heteroatoms. The first kappa shape index (κ1) is 12.4. The molecule has 1 heterocycles. The molecule has 1 atom stereocenters. The molecular formula is C11H18N4O. The number of nitrogens with two attached hydrogens (primary N) is 1. The Morgan fingerprint density at radius 2 is 2.44 bits per heavy atom. The molecule has 0 spiro atoms. The second-order valence-corrected chi connectivity index (χ2v) is 3.63. The van der Waals surface area contributed by atoms with Crippen molar-refractivity contribution in [3.05, 3.63) is 30.1 Å². The maximum atomic E-state index is 8.35. The fourth-order valence-electron chi connectivity index (χ4n) is 1.37. The molecule has 4 N–H and O–H groups in total. The number of nitrogens with zero attached hydrogens (tertiary/aromatic N) is 2. The molecule has 0 saturated heterocycles. The van der Waals surface area contributed by atoms with Crippen molar-refractivity contribution < 1.29 is 5.21 Å². The molecule has 88 valence electrons. The van der Waals surface area contributed by atoms with Gasteiger partial charge in [0.1, 0.15) is 5.84 Å². The molecule has 0 aromatic carbocycles. The Kier molecular flexibility index (Phi) is 5.28. The van der Waals surface area contributed by atoms with E-state index in [1.165, 1.54) is 0 Å². The quantitative estimate of drug-likeness (QED) is 0.222. The molecule has 1 aromatic rings. The normalized spacial score (nSPS) is 13.7. The Bertz CT molecular complexity index is 326. The minimum atomic E-state index is 0.216. The van der Waals surface area contributed by atoms with Crippen LogP contribution in [0.5, 0.6) is 0 Å². The molecule has 1 rings (SSSR count). The number of pyridine rings is 1. The van der Waals surface area contributed by atoms with Gasteiger partial charge in [-0.05, 0) is 32.0 Å². The number of amidine groups is 1. The summed E-state index contributed by atoms with van der Waals surface area (Å²) < 4.78 is 0. The summed E-state index contributed by atoms with van der Waals surface area (Å²) in [6.45, 7) is 2.87. The summed E-state index contributed by atoms with van der Waals surface area (Å²) in [5.41, 5.74) is 6.38. The van der Waals surface area contributed by atoms with E-state index < -0.39 is 0 Å². The fourth-order valence-corrected chi connectivity index (χ4v) is 1.37. The summed E-state index contributed by atoms with van der Waals surface area (Å²) in [5.74, 6) is 0.271. The Balaban J connectivity index is 2.23. The van der Waals surface area contributed by atoms with E-state index in [4.69, 9.17) is 10.9 Å². The second kappa shape index (κ2) is 6.79. The van der Waals surface area contributed by atoms with E-state index in [0.717, 1.165) is 18.7 Å². The van der Waals surface area contributed by atoms with Crippen LogP contribution in [0.4, 0.5) is 0 Å². The van der Waals surface area contributed by atoms with Gasteiger partial charge in [-0.1, -0.05) is 11.2 Å². The zero-order chi connectivity index (χ0) is 11.8. The third kappa shape index (κ3) is 4.27. The van der Waals surface area contributed by atoms with E-state index >= 15 is 0 Å². The maximum absolute atomic E-state index is 8.35. The first-order chi connectivity index (χ1) is 7.74. The first-order valence-corrected chi connectivity index (χ1v) is 5.34. The van der Waals surface area contributed by atoms with E-state index in [2.05, 4.69) is 22.4 Å². The van der Waals surface area contributed by atoms with Gasteiger partial charge in [0.25, 0.3) is 0 Å². The molecule has 0 amide bonds. The number of aromatic nitrogens is 1. The number of rotatable bonds is 6. The lowest BCUT2D eigenvalue weighted by Crippen LogP contribution is -2.22. The van der Waals surface area contributed by atoms with E-state index in [0.29, 0.717) is 6.42 Å². The topological polar surface area (TPSA) is 83.5 Å². The van der Waals surface area contributed by atoms with E-state index in [9.17, 15) is 0 Å². The van der Waals surface area contributed by atoms with Gasteiger partial charge in [0.15, 0.2) is 0 Å². The van der Waals surface area contributed by atoms with Gasteiger partial charge in [0.2, 0.25) is 0 Å². The van der Waals surface area contributed by atoms with Gasteiger partial charge in [0, 0.05) is 18.7 Å². The lowest BCUT2D eigenvalue weighted by Gasteiger charge is -2.12. The summed E-state index contributed by atoms with van der Waals surface area (Å²) in [4.78, 5) is 4.26. The average Bonchev–Trinajstić information content (AvgIpc) is 2.35. The van der Waals surface area contributed by atoms with Gasteiger partial charge in [-0.2, -0.15) is 0 Å². The summed E-state index contributed by atoms with van der Waals surface area (Å²) in [7, 11) is 0. The van der Waals surface area contributed by atoms with Crippen molar-refractivity contribution in [3.63, 3.8) is 0 Å². The zero-order valence-corrected chi connectivity index (χ0v) is 9.43. The smallest absolute Gasteiger partial charge is 0.139 e. The Morgan fingerprint density at radius 1 is 1.62 bits per heavy atom. The van der Waals surface area contributed by atoms with E-state index in [1.807, 2.05) is 18.2 Å². The predicted molar refractivity (Wildman–Crippen MR) is 63.3 cm³/mol. The molecule has 0 fully saturated rings. The molecule has 0 saturated carbocycles. The fraction of sp³-hybridized carbons (Fsp3) is 0.455. The van der Waals surface area contributed by atoms with Crippen LogP contribution < -0.4 is 11.1 Å². The van der Waals surface area contributed by atoms with Gasteiger partial charge >= 0.3 is 0 Å². The van der Waals surface area contributed by atoms with Gasteiger partial charge in [-0.15, -0.1) is 0 Å². The average molecular weight is 222 g/mol. The Morgan fingerprint density at radius 3 is 3.06 bits per heavy atom. The highest BCUT2D eigenvalue weighted by atomic mass is 16.4. The van der Waals surface area contributed by atoms with Gasteiger partial charge in [-0.3, -0.25) is 4.98 Å². The molecule has 0 bridgehead atoms. The summed E-state index contributed by atoms with van der Waals surface area (Å²) in [6.07, 6.45) is 3.22. The number of hydrogen-bond donors (Lipinski definition) is 3. The van der Waals surface area contributed by atoms with Crippen LogP contribution in [0.3, 0.4) is 0 Å². The van der Waals surface area contributed by atoms with Crippen LogP contribution in [-0.2, 0) is 0 Å². The summed E-state index contributed by atoms with van der Waals surface area (Å²) >= 11 is 0. The van der Waals surface area contributed by atoms with Crippen LogP contribution in [0, 0.1) is 0 Å². The minimum absolute atomic E-state index is 0.216. The standard InChI is InChI=1S/C11H18N4O/c1-9(10-5-2-3-7-14-10)13-8-4-6-11(12)15-16/h2-3,5,7,9,13,16H,4,6,8H2,1H3,(H2,12,15). The van der Waals surface area contributed by atoms with Crippen molar-refractivity contribution in [2.45, 2.75) is 25.8 Å². The summed E-state index contributed by atoms with van der Waals surface area (Å²) in [6, 6.07) is 6.07. The van der Waals surface area contributed by atoms with Crippen LogP contribution in [0.2, 0.25) is 0 Å². The second-order valence-electron chi connectivity index (χ2n) is 3.63. The molecule has 1 unspecified atom stereocenters. The molecule has 0 aliphatic rings. The van der Waals surface area contributed by atoms with Crippen LogP contribution in [-0.4, -0.2) is 22.6 Å². The number of hydrogen-bond acceptors (Lipinski definition) is 4. The SMILES string of the molecule is CC(NCCCC(N)=NO)c1ccccn1. The highest BCUT2D eigenvalue weighted by molar-refractivity contribution is 5.79. The van der Waals surface area contributed by atoms with Crippen LogP contribution in [0.15, 0.2) is 29.6 Å². The number of nitrogens with one attached hydrogen (secondary N) is 1. The lowest BCUT2D eigenvalue weighted by atomic mass is 10.2. The molecule has 0 radical (unpaired) electrons.